The second kappa shape index (κ2) is 9.57. The van der Waals surface area contributed by atoms with Crippen molar-refractivity contribution < 1.29 is 5.11 Å². The molecule has 0 aliphatic rings. The fraction of sp³-hybridized carbons (Fsp3) is 0.667. The summed E-state index contributed by atoms with van der Waals surface area (Å²) in [7, 11) is 0. The highest BCUT2D eigenvalue weighted by molar-refractivity contribution is 5.46. The van der Waals surface area contributed by atoms with E-state index in [1.54, 1.807) is 12.4 Å². The average Bonchev–Trinajstić information content (AvgIpc) is 2.42. The summed E-state index contributed by atoms with van der Waals surface area (Å²) in [4.78, 5) is 8.80. The van der Waals surface area contributed by atoms with Gasteiger partial charge < -0.3 is 10.4 Å². The first-order valence-corrected chi connectivity index (χ1v) is 8.38. The third-order valence-corrected chi connectivity index (χ3v) is 3.49. The molecule has 0 bridgehead atoms. The Morgan fingerprint density at radius 2 is 2.09 bits per heavy atom. The fourth-order valence-electron chi connectivity index (χ4n) is 2.22. The molecule has 1 aromatic heterocycles. The van der Waals surface area contributed by atoms with Crippen LogP contribution in [-0.2, 0) is 0 Å². The maximum Gasteiger partial charge on any atom is 0.145 e. The molecule has 0 aromatic carbocycles. The second-order valence-electron chi connectivity index (χ2n) is 6.62. The summed E-state index contributed by atoms with van der Waals surface area (Å²) in [6.07, 6.45) is 14.0. The van der Waals surface area contributed by atoms with Crippen molar-refractivity contribution in [3.05, 3.63) is 24.2 Å². The van der Waals surface area contributed by atoms with Crippen LogP contribution in [-0.4, -0.2) is 26.7 Å². The molecule has 1 rings (SSSR count). The van der Waals surface area contributed by atoms with E-state index < -0.39 is 5.60 Å². The molecule has 1 unspecified atom stereocenters. The smallest absolute Gasteiger partial charge is 0.145 e. The number of hydrogen-bond acceptors (Lipinski definition) is 4. The predicted molar refractivity (Wildman–Crippen MR) is 93.8 cm³/mol. The zero-order valence-electron chi connectivity index (χ0n) is 14.5. The van der Waals surface area contributed by atoms with Gasteiger partial charge in [-0.25, -0.2) is 4.98 Å². The molecule has 0 saturated carbocycles. The summed E-state index contributed by atoms with van der Waals surface area (Å²) in [5.74, 6) is 0.813. The first kappa shape index (κ1) is 18.6. The quantitative estimate of drug-likeness (QED) is 0.628. The van der Waals surface area contributed by atoms with Crippen molar-refractivity contribution in [3.63, 3.8) is 0 Å². The van der Waals surface area contributed by atoms with Crippen LogP contribution in [0.15, 0.2) is 18.5 Å². The van der Waals surface area contributed by atoms with Crippen LogP contribution in [0.2, 0.25) is 0 Å². The molecule has 0 saturated heterocycles. The normalized spacial score (nSPS) is 13.5. The fourth-order valence-corrected chi connectivity index (χ4v) is 2.22. The Morgan fingerprint density at radius 3 is 2.77 bits per heavy atom. The monoisotopic (exact) mass is 305 g/mol. The van der Waals surface area contributed by atoms with E-state index in [0.717, 1.165) is 37.2 Å². The van der Waals surface area contributed by atoms with Gasteiger partial charge in [0.1, 0.15) is 5.82 Å². The lowest BCUT2D eigenvalue weighted by Gasteiger charge is -2.19. The van der Waals surface area contributed by atoms with Gasteiger partial charge in [0.25, 0.3) is 0 Å². The molecule has 4 nitrogen and oxygen atoms in total. The van der Waals surface area contributed by atoms with Gasteiger partial charge in [0.15, 0.2) is 0 Å². The average molecular weight is 305 g/mol. The van der Waals surface area contributed by atoms with E-state index >= 15 is 0 Å². The van der Waals surface area contributed by atoms with Crippen LogP contribution in [0.1, 0.15) is 71.9 Å². The maximum atomic E-state index is 9.73. The lowest BCUT2D eigenvalue weighted by Crippen LogP contribution is -2.21. The highest BCUT2D eigenvalue weighted by Crippen LogP contribution is 2.15. The van der Waals surface area contributed by atoms with E-state index in [4.69, 9.17) is 0 Å². The number of hydrogen-bond donors (Lipinski definition) is 2. The number of unbranched alkanes of at least 4 members (excludes halogenated alkanes) is 2. The van der Waals surface area contributed by atoms with Crippen molar-refractivity contribution in [3.8, 4) is 0 Å². The van der Waals surface area contributed by atoms with Gasteiger partial charge in [-0.15, -0.1) is 0 Å². The SMILES string of the molecule is CCCC/C=C/c1cncc(NC(C)CCCC(C)(C)O)n1. The number of rotatable bonds is 10. The number of anilines is 1. The van der Waals surface area contributed by atoms with Crippen LogP contribution in [0.25, 0.3) is 6.08 Å². The van der Waals surface area contributed by atoms with E-state index in [9.17, 15) is 5.11 Å². The molecule has 0 aliphatic heterocycles. The third kappa shape index (κ3) is 8.78. The molecular weight excluding hydrogens is 274 g/mol. The van der Waals surface area contributed by atoms with Crippen molar-refractivity contribution in [2.75, 3.05) is 5.32 Å². The molecule has 2 N–H and O–H groups in total. The molecule has 0 spiro atoms. The Hall–Kier alpha value is -1.42. The van der Waals surface area contributed by atoms with E-state index in [2.05, 4.69) is 35.2 Å². The molecule has 1 heterocycles. The molecule has 22 heavy (non-hydrogen) atoms. The number of nitrogens with one attached hydrogen (secondary N) is 1. The Balaban J connectivity index is 2.43. The zero-order valence-corrected chi connectivity index (χ0v) is 14.5. The van der Waals surface area contributed by atoms with Crippen LogP contribution >= 0.6 is 0 Å². The Labute approximate surface area is 135 Å². The Bertz CT molecular complexity index is 452. The number of aromatic nitrogens is 2. The maximum absolute atomic E-state index is 9.73. The summed E-state index contributed by atoms with van der Waals surface area (Å²) in [6, 6.07) is 0.316. The first-order valence-electron chi connectivity index (χ1n) is 8.38. The van der Waals surface area contributed by atoms with E-state index in [-0.39, 0.29) is 0 Å². The molecular formula is C18H31N3O. The van der Waals surface area contributed by atoms with E-state index in [0.29, 0.717) is 6.04 Å². The van der Waals surface area contributed by atoms with Crippen LogP contribution in [0, 0.1) is 0 Å². The predicted octanol–water partition coefficient (Wildman–Crippen LogP) is 4.42. The van der Waals surface area contributed by atoms with Gasteiger partial charge in [0, 0.05) is 6.04 Å². The molecule has 0 aliphatic carbocycles. The molecule has 4 heteroatoms. The molecule has 0 radical (unpaired) electrons. The summed E-state index contributed by atoms with van der Waals surface area (Å²) >= 11 is 0. The van der Waals surface area contributed by atoms with Crippen LogP contribution in [0.3, 0.4) is 0 Å². The standard InChI is InChI=1S/C18H31N3O/c1-5-6-7-8-11-16-13-19-14-17(21-16)20-15(2)10-9-12-18(3,4)22/h8,11,13-15,22H,5-7,9-10,12H2,1-4H3,(H,20,21)/b11-8+. The van der Waals surface area contributed by atoms with Crippen molar-refractivity contribution in [2.45, 2.75) is 77.9 Å². The molecule has 124 valence electrons. The molecule has 0 amide bonds. The second-order valence-corrected chi connectivity index (χ2v) is 6.62. The van der Waals surface area contributed by atoms with Crippen LogP contribution in [0.4, 0.5) is 5.82 Å². The lowest BCUT2D eigenvalue weighted by atomic mass is 10.00. The van der Waals surface area contributed by atoms with Gasteiger partial charge in [-0.2, -0.15) is 0 Å². The van der Waals surface area contributed by atoms with Crippen LogP contribution < -0.4 is 5.32 Å². The molecule has 1 atom stereocenters. The van der Waals surface area contributed by atoms with Gasteiger partial charge in [-0.05, 0) is 52.5 Å². The van der Waals surface area contributed by atoms with E-state index in [1.165, 1.54) is 12.8 Å². The van der Waals surface area contributed by atoms with Gasteiger partial charge in [0.05, 0.1) is 23.7 Å². The minimum atomic E-state index is -0.581. The highest BCUT2D eigenvalue weighted by Gasteiger charge is 2.12. The third-order valence-electron chi connectivity index (χ3n) is 3.49. The van der Waals surface area contributed by atoms with E-state index in [1.807, 2.05) is 19.9 Å². The van der Waals surface area contributed by atoms with Gasteiger partial charge in [-0.1, -0.05) is 25.8 Å². The summed E-state index contributed by atoms with van der Waals surface area (Å²) in [6.45, 7) is 8.03. The van der Waals surface area contributed by atoms with Gasteiger partial charge in [-0.3, -0.25) is 4.98 Å². The number of nitrogens with zero attached hydrogens (tertiary/aromatic N) is 2. The highest BCUT2D eigenvalue weighted by atomic mass is 16.3. The minimum Gasteiger partial charge on any atom is -0.390 e. The van der Waals surface area contributed by atoms with Gasteiger partial charge in [0.2, 0.25) is 0 Å². The summed E-state index contributed by atoms with van der Waals surface area (Å²) in [5, 5.41) is 13.1. The largest absolute Gasteiger partial charge is 0.390 e. The topological polar surface area (TPSA) is 58.0 Å². The molecule has 1 aromatic rings. The minimum absolute atomic E-state index is 0.316. The lowest BCUT2D eigenvalue weighted by molar-refractivity contribution is 0.0680. The van der Waals surface area contributed by atoms with Crippen molar-refractivity contribution in [1.82, 2.24) is 9.97 Å². The Kier molecular flexibility index (Phi) is 8.10. The summed E-state index contributed by atoms with van der Waals surface area (Å²) in [5.41, 5.74) is 0.313. The van der Waals surface area contributed by atoms with Gasteiger partial charge >= 0.3 is 0 Å². The Morgan fingerprint density at radius 1 is 1.32 bits per heavy atom. The number of allylic oxidation sites excluding steroid dienone is 1. The van der Waals surface area contributed by atoms with Crippen LogP contribution in [0.5, 0.6) is 0 Å². The molecule has 0 fully saturated rings. The van der Waals surface area contributed by atoms with Crippen molar-refractivity contribution >= 4 is 11.9 Å². The van der Waals surface area contributed by atoms with Crippen molar-refractivity contribution in [2.24, 2.45) is 0 Å². The zero-order chi connectivity index (χ0) is 16.4. The summed E-state index contributed by atoms with van der Waals surface area (Å²) < 4.78 is 0. The van der Waals surface area contributed by atoms with Crippen molar-refractivity contribution in [1.29, 1.82) is 0 Å². The first-order chi connectivity index (χ1) is 10.4. The number of aliphatic hydroxyl groups is 1.